The molecular formula is C11H6F2N2O4. The van der Waals surface area contributed by atoms with E-state index in [9.17, 15) is 18.4 Å². The number of nitrogens with one attached hydrogen (secondary N) is 1. The molecule has 0 aliphatic carbocycles. The minimum absolute atomic E-state index is 0.0195. The van der Waals surface area contributed by atoms with Gasteiger partial charge in [0.15, 0.2) is 17.5 Å². The fourth-order valence-corrected chi connectivity index (χ4v) is 1.37. The van der Waals surface area contributed by atoms with Gasteiger partial charge in [0.05, 0.1) is 11.1 Å². The van der Waals surface area contributed by atoms with Gasteiger partial charge in [0.2, 0.25) is 0 Å². The smallest absolute Gasteiger partial charge is 0.336 e. The molecule has 0 spiro atoms. The van der Waals surface area contributed by atoms with E-state index in [0.29, 0.717) is 12.1 Å². The molecule has 1 heterocycles. The molecular weight excluding hydrogens is 262 g/mol. The van der Waals surface area contributed by atoms with Gasteiger partial charge >= 0.3 is 5.97 Å². The third-order valence-corrected chi connectivity index (χ3v) is 2.21. The molecule has 0 aliphatic rings. The van der Waals surface area contributed by atoms with Crippen LogP contribution in [-0.4, -0.2) is 22.1 Å². The molecule has 1 amide bonds. The highest BCUT2D eigenvalue weighted by Gasteiger charge is 2.21. The van der Waals surface area contributed by atoms with Gasteiger partial charge in [-0.05, 0) is 12.1 Å². The molecule has 2 aromatic rings. The summed E-state index contributed by atoms with van der Waals surface area (Å²) in [6.07, 6.45) is 1.18. The van der Waals surface area contributed by atoms with Crippen LogP contribution in [0.4, 0.5) is 14.6 Å². The Morgan fingerprint density at radius 2 is 1.84 bits per heavy atom. The van der Waals surface area contributed by atoms with E-state index in [1.54, 1.807) is 0 Å². The number of aromatic carboxylic acids is 1. The summed E-state index contributed by atoms with van der Waals surface area (Å²) in [4.78, 5) is 22.6. The second-order valence-corrected chi connectivity index (χ2v) is 3.46. The molecule has 1 aromatic carbocycles. The van der Waals surface area contributed by atoms with Crippen LogP contribution in [0.5, 0.6) is 0 Å². The van der Waals surface area contributed by atoms with Crippen LogP contribution in [0.2, 0.25) is 0 Å². The maximum Gasteiger partial charge on any atom is 0.336 e. The monoisotopic (exact) mass is 268 g/mol. The number of nitrogens with zero attached hydrogens (tertiary/aromatic N) is 1. The lowest BCUT2D eigenvalue weighted by Gasteiger charge is -2.06. The van der Waals surface area contributed by atoms with Gasteiger partial charge in [0.25, 0.3) is 5.91 Å². The molecule has 0 saturated carbocycles. The van der Waals surface area contributed by atoms with Gasteiger partial charge in [-0.3, -0.25) is 4.79 Å². The highest BCUT2D eigenvalue weighted by atomic mass is 19.2. The first-order valence-corrected chi connectivity index (χ1v) is 4.93. The largest absolute Gasteiger partial charge is 0.478 e. The number of aromatic nitrogens is 1. The van der Waals surface area contributed by atoms with Gasteiger partial charge in [-0.2, -0.15) is 0 Å². The van der Waals surface area contributed by atoms with E-state index in [1.807, 2.05) is 0 Å². The Bertz CT molecular complexity index is 640. The topological polar surface area (TPSA) is 92.4 Å². The Kier molecular flexibility index (Phi) is 3.23. The van der Waals surface area contributed by atoms with E-state index in [1.165, 1.54) is 12.3 Å². The first-order chi connectivity index (χ1) is 8.99. The molecule has 0 unspecified atom stereocenters. The average Bonchev–Trinajstić information content (AvgIpc) is 2.84. The standard InChI is InChI=1S/C11H6F2N2O4/c12-7-3-5(6(11(17)18)4-8(7)13)10(16)14-9-1-2-19-15-9/h1-4H,(H,17,18)(H,14,15,16). The molecule has 19 heavy (non-hydrogen) atoms. The number of hydrogen-bond donors (Lipinski definition) is 2. The SMILES string of the molecule is O=C(O)c1cc(F)c(F)cc1C(=O)Nc1ccon1. The van der Waals surface area contributed by atoms with Gasteiger partial charge in [-0.25, -0.2) is 13.6 Å². The number of halogens is 2. The molecule has 0 aliphatic heterocycles. The van der Waals surface area contributed by atoms with Crippen molar-refractivity contribution in [3.8, 4) is 0 Å². The number of carboxylic acid groups (broad SMARTS) is 1. The summed E-state index contributed by atoms with van der Waals surface area (Å²) in [6, 6.07) is 2.25. The summed E-state index contributed by atoms with van der Waals surface area (Å²) >= 11 is 0. The summed E-state index contributed by atoms with van der Waals surface area (Å²) < 4.78 is 30.5. The van der Waals surface area contributed by atoms with Crippen molar-refractivity contribution < 1.29 is 28.0 Å². The number of rotatable bonds is 3. The molecule has 0 radical (unpaired) electrons. The molecule has 1 aromatic heterocycles. The Labute approximate surface area is 104 Å². The fraction of sp³-hybridized carbons (Fsp3) is 0. The molecule has 0 bridgehead atoms. The Balaban J connectivity index is 2.40. The first-order valence-electron chi connectivity index (χ1n) is 4.93. The zero-order chi connectivity index (χ0) is 14.0. The third-order valence-electron chi connectivity index (χ3n) is 2.21. The summed E-state index contributed by atoms with van der Waals surface area (Å²) in [5.74, 6) is -5.15. The Hall–Kier alpha value is -2.77. The van der Waals surface area contributed by atoms with E-state index in [2.05, 4.69) is 15.0 Å². The number of carbonyl (C=O) groups excluding carboxylic acids is 1. The van der Waals surface area contributed by atoms with Crippen molar-refractivity contribution in [1.82, 2.24) is 5.16 Å². The van der Waals surface area contributed by atoms with E-state index in [0.717, 1.165) is 0 Å². The predicted octanol–water partition coefficient (Wildman–Crippen LogP) is 1.90. The Morgan fingerprint density at radius 1 is 1.21 bits per heavy atom. The number of amides is 1. The summed E-state index contributed by atoms with van der Waals surface area (Å²) in [7, 11) is 0. The van der Waals surface area contributed by atoms with Crippen LogP contribution in [0.15, 0.2) is 29.0 Å². The van der Waals surface area contributed by atoms with Gasteiger partial charge in [-0.15, -0.1) is 0 Å². The number of hydrogen-bond acceptors (Lipinski definition) is 4. The molecule has 6 nitrogen and oxygen atoms in total. The average molecular weight is 268 g/mol. The highest BCUT2D eigenvalue weighted by molar-refractivity contribution is 6.10. The molecule has 0 atom stereocenters. The summed E-state index contributed by atoms with van der Waals surface area (Å²) in [5, 5.41) is 14.4. The summed E-state index contributed by atoms with van der Waals surface area (Å²) in [5.41, 5.74) is -1.17. The zero-order valence-electron chi connectivity index (χ0n) is 9.18. The van der Waals surface area contributed by atoms with Gasteiger partial charge in [0.1, 0.15) is 6.26 Å². The number of carbonyl (C=O) groups is 2. The van der Waals surface area contributed by atoms with Gasteiger partial charge in [0, 0.05) is 6.07 Å². The maximum atomic E-state index is 13.1. The van der Waals surface area contributed by atoms with E-state index < -0.39 is 34.6 Å². The van der Waals surface area contributed by atoms with Crippen LogP contribution >= 0.6 is 0 Å². The minimum atomic E-state index is -1.55. The van der Waals surface area contributed by atoms with E-state index in [-0.39, 0.29) is 5.82 Å². The Morgan fingerprint density at radius 3 is 2.37 bits per heavy atom. The zero-order valence-corrected chi connectivity index (χ0v) is 9.18. The molecule has 8 heteroatoms. The van der Waals surface area contributed by atoms with Crippen molar-refractivity contribution >= 4 is 17.7 Å². The minimum Gasteiger partial charge on any atom is -0.478 e. The van der Waals surface area contributed by atoms with Gasteiger partial charge < -0.3 is 14.9 Å². The van der Waals surface area contributed by atoms with Crippen LogP contribution in [0.1, 0.15) is 20.7 Å². The van der Waals surface area contributed by atoms with Crippen LogP contribution in [0.3, 0.4) is 0 Å². The van der Waals surface area contributed by atoms with Crippen LogP contribution in [-0.2, 0) is 0 Å². The van der Waals surface area contributed by atoms with Crippen LogP contribution in [0, 0.1) is 11.6 Å². The molecule has 0 saturated heterocycles. The highest BCUT2D eigenvalue weighted by Crippen LogP contribution is 2.17. The second kappa shape index (κ2) is 4.84. The van der Waals surface area contributed by atoms with Crippen LogP contribution in [0.25, 0.3) is 0 Å². The quantitative estimate of drug-likeness (QED) is 0.886. The maximum absolute atomic E-state index is 13.1. The van der Waals surface area contributed by atoms with Crippen molar-refractivity contribution in [2.75, 3.05) is 5.32 Å². The summed E-state index contributed by atoms with van der Waals surface area (Å²) in [6.45, 7) is 0. The first kappa shape index (κ1) is 12.7. The number of benzene rings is 1. The number of carboxylic acids is 1. The van der Waals surface area contributed by atoms with Crippen molar-refractivity contribution in [2.24, 2.45) is 0 Å². The second-order valence-electron chi connectivity index (χ2n) is 3.46. The third kappa shape index (κ3) is 2.57. The fourth-order valence-electron chi connectivity index (χ4n) is 1.37. The predicted molar refractivity (Wildman–Crippen MR) is 57.8 cm³/mol. The lowest BCUT2D eigenvalue weighted by Crippen LogP contribution is -2.17. The molecule has 2 N–H and O–H groups in total. The molecule has 2 rings (SSSR count). The van der Waals surface area contributed by atoms with E-state index in [4.69, 9.17) is 5.11 Å². The van der Waals surface area contributed by atoms with Crippen molar-refractivity contribution in [2.45, 2.75) is 0 Å². The van der Waals surface area contributed by atoms with E-state index >= 15 is 0 Å². The van der Waals surface area contributed by atoms with Crippen LogP contribution < -0.4 is 5.32 Å². The van der Waals surface area contributed by atoms with Gasteiger partial charge in [-0.1, -0.05) is 5.16 Å². The number of anilines is 1. The molecule has 0 fully saturated rings. The van der Waals surface area contributed by atoms with Crippen molar-refractivity contribution in [3.05, 3.63) is 47.2 Å². The molecule has 98 valence electrons. The lowest BCUT2D eigenvalue weighted by atomic mass is 10.1. The normalized spacial score (nSPS) is 10.2. The van der Waals surface area contributed by atoms with Crippen molar-refractivity contribution in [3.63, 3.8) is 0 Å². The van der Waals surface area contributed by atoms with Crippen molar-refractivity contribution in [1.29, 1.82) is 0 Å². The lowest BCUT2D eigenvalue weighted by molar-refractivity contribution is 0.0691.